The number of halogens is 1. The molecule has 1 amide bonds. The Hall–Kier alpha value is -2.35. The summed E-state index contributed by atoms with van der Waals surface area (Å²) in [7, 11) is 0. The first-order chi connectivity index (χ1) is 15.9. The van der Waals surface area contributed by atoms with Crippen LogP contribution in [0.5, 0.6) is 0 Å². The first-order valence-corrected chi connectivity index (χ1v) is 12.5. The summed E-state index contributed by atoms with van der Waals surface area (Å²) in [5.41, 5.74) is 1.93. The Labute approximate surface area is 204 Å². The second kappa shape index (κ2) is 10.7. The van der Waals surface area contributed by atoms with Gasteiger partial charge in [0.1, 0.15) is 0 Å². The van der Waals surface area contributed by atoms with Gasteiger partial charge in [0.2, 0.25) is 5.91 Å². The van der Waals surface area contributed by atoms with Gasteiger partial charge in [-0.05, 0) is 43.9 Å². The van der Waals surface area contributed by atoms with Crippen molar-refractivity contribution in [3.8, 4) is 0 Å². The van der Waals surface area contributed by atoms with E-state index in [-0.39, 0.29) is 17.4 Å². The number of hydrogen-bond acceptors (Lipinski definition) is 5. The lowest BCUT2D eigenvalue weighted by Crippen LogP contribution is -2.41. The molecule has 6 nitrogen and oxygen atoms in total. The summed E-state index contributed by atoms with van der Waals surface area (Å²) in [4.78, 5) is 12.8. The molecule has 1 atom stereocenters. The maximum Gasteiger partial charge on any atom is 0.223 e. The van der Waals surface area contributed by atoms with Gasteiger partial charge in [0.25, 0.3) is 0 Å². The van der Waals surface area contributed by atoms with Crippen LogP contribution in [-0.4, -0.2) is 32.9 Å². The third-order valence-electron chi connectivity index (χ3n) is 5.78. The Morgan fingerprint density at radius 3 is 2.70 bits per heavy atom. The lowest BCUT2D eigenvalue weighted by molar-refractivity contribution is -0.135. The number of ether oxygens (including phenoxy) is 1. The average molecular weight is 485 g/mol. The highest BCUT2D eigenvalue weighted by molar-refractivity contribution is 7.98. The molecule has 1 saturated heterocycles. The van der Waals surface area contributed by atoms with E-state index in [2.05, 4.69) is 32.2 Å². The zero-order valence-electron chi connectivity index (χ0n) is 19.0. The summed E-state index contributed by atoms with van der Waals surface area (Å²) in [5.74, 6) is 1.43. The van der Waals surface area contributed by atoms with E-state index in [9.17, 15) is 4.79 Å². The molecule has 1 aromatic heterocycles. The van der Waals surface area contributed by atoms with Gasteiger partial charge in [-0.1, -0.05) is 71.9 Å². The van der Waals surface area contributed by atoms with Gasteiger partial charge in [-0.15, -0.1) is 10.2 Å². The molecule has 0 saturated carbocycles. The lowest BCUT2D eigenvalue weighted by Gasteiger charge is -2.34. The van der Waals surface area contributed by atoms with Crippen molar-refractivity contribution in [3.63, 3.8) is 0 Å². The minimum atomic E-state index is -0.268. The van der Waals surface area contributed by atoms with Gasteiger partial charge in [-0.3, -0.25) is 4.79 Å². The highest BCUT2D eigenvalue weighted by Crippen LogP contribution is 2.29. The molecule has 0 aliphatic carbocycles. The fourth-order valence-corrected chi connectivity index (χ4v) is 5.25. The summed E-state index contributed by atoms with van der Waals surface area (Å²) in [6.45, 7) is 5.65. The number of amides is 1. The van der Waals surface area contributed by atoms with E-state index >= 15 is 0 Å². The molecule has 0 bridgehead atoms. The molecule has 3 aromatic rings. The Morgan fingerprint density at radius 2 is 1.94 bits per heavy atom. The molecule has 0 spiro atoms. The normalized spacial score (nSPS) is 17.6. The van der Waals surface area contributed by atoms with Crippen molar-refractivity contribution in [2.24, 2.45) is 5.92 Å². The van der Waals surface area contributed by atoms with Crippen molar-refractivity contribution < 1.29 is 9.53 Å². The van der Waals surface area contributed by atoms with Gasteiger partial charge in [0.15, 0.2) is 11.0 Å². The smallest absolute Gasteiger partial charge is 0.223 e. The average Bonchev–Trinajstić information content (AvgIpc) is 3.18. The molecular weight excluding hydrogens is 456 g/mol. The topological polar surface area (TPSA) is 69.0 Å². The first-order valence-electron chi connectivity index (χ1n) is 11.2. The standard InChI is InChI=1S/C25H29ClN4O2S/c1-25(2)14-19(12-13-32-25)23(31)27-15-22-28-29-24(30(22)16-18-8-4-3-5-9-18)33-17-20-10-6-7-11-21(20)26/h3-11,19H,12-17H2,1-2H3,(H,27,31). The van der Waals surface area contributed by atoms with E-state index in [0.717, 1.165) is 33.6 Å². The minimum Gasteiger partial charge on any atom is -0.376 e. The van der Waals surface area contributed by atoms with Crippen molar-refractivity contribution in [2.75, 3.05) is 6.61 Å². The molecule has 1 unspecified atom stereocenters. The maximum absolute atomic E-state index is 12.8. The number of aromatic nitrogens is 3. The predicted molar refractivity (Wildman–Crippen MR) is 131 cm³/mol. The molecule has 1 N–H and O–H groups in total. The Balaban J connectivity index is 1.48. The molecule has 4 rings (SSSR count). The van der Waals surface area contributed by atoms with Gasteiger partial charge in [0, 0.05) is 23.3 Å². The number of carbonyl (C=O) groups excluding carboxylic acids is 1. The van der Waals surface area contributed by atoms with Gasteiger partial charge < -0.3 is 14.6 Å². The van der Waals surface area contributed by atoms with Crippen LogP contribution in [-0.2, 0) is 28.4 Å². The van der Waals surface area contributed by atoms with Gasteiger partial charge in [-0.25, -0.2) is 0 Å². The zero-order valence-corrected chi connectivity index (χ0v) is 20.5. The van der Waals surface area contributed by atoms with E-state index in [1.807, 2.05) is 56.3 Å². The Kier molecular flexibility index (Phi) is 7.73. The third-order valence-corrected chi connectivity index (χ3v) is 7.16. The number of nitrogens with zero attached hydrogens (tertiary/aromatic N) is 3. The summed E-state index contributed by atoms with van der Waals surface area (Å²) in [5, 5.41) is 13.5. The summed E-state index contributed by atoms with van der Waals surface area (Å²) < 4.78 is 7.82. The quantitative estimate of drug-likeness (QED) is 0.451. The number of hydrogen-bond donors (Lipinski definition) is 1. The van der Waals surface area contributed by atoms with E-state index in [1.165, 1.54) is 0 Å². The summed E-state index contributed by atoms with van der Waals surface area (Å²) >= 11 is 7.92. The van der Waals surface area contributed by atoms with Crippen LogP contribution in [0.2, 0.25) is 5.02 Å². The highest BCUT2D eigenvalue weighted by Gasteiger charge is 2.32. The van der Waals surface area contributed by atoms with Crippen LogP contribution in [0.3, 0.4) is 0 Å². The van der Waals surface area contributed by atoms with Crippen molar-refractivity contribution in [2.45, 2.75) is 56.3 Å². The van der Waals surface area contributed by atoms with Crippen molar-refractivity contribution in [1.82, 2.24) is 20.1 Å². The van der Waals surface area contributed by atoms with Crippen LogP contribution in [0.1, 0.15) is 43.6 Å². The van der Waals surface area contributed by atoms with Gasteiger partial charge in [-0.2, -0.15) is 0 Å². The number of rotatable bonds is 8. The fraction of sp³-hybridized carbons (Fsp3) is 0.400. The zero-order chi connectivity index (χ0) is 23.3. The highest BCUT2D eigenvalue weighted by atomic mass is 35.5. The summed E-state index contributed by atoms with van der Waals surface area (Å²) in [6.07, 6.45) is 1.46. The van der Waals surface area contributed by atoms with Crippen LogP contribution in [0.15, 0.2) is 59.8 Å². The Bertz CT molecular complexity index is 1090. The summed E-state index contributed by atoms with van der Waals surface area (Å²) in [6, 6.07) is 18.0. The SMILES string of the molecule is CC1(C)CC(C(=O)NCc2nnc(SCc3ccccc3Cl)n2Cc2ccccc2)CCO1. The van der Waals surface area contributed by atoms with Crippen LogP contribution >= 0.6 is 23.4 Å². The van der Waals surface area contributed by atoms with Crippen LogP contribution < -0.4 is 5.32 Å². The van der Waals surface area contributed by atoms with Crippen LogP contribution in [0.25, 0.3) is 0 Å². The number of carbonyl (C=O) groups is 1. The van der Waals surface area contributed by atoms with Crippen LogP contribution in [0, 0.1) is 5.92 Å². The van der Waals surface area contributed by atoms with Gasteiger partial charge in [0.05, 0.1) is 18.7 Å². The van der Waals surface area contributed by atoms with Crippen molar-refractivity contribution in [1.29, 1.82) is 0 Å². The minimum absolute atomic E-state index is 0.0471. The molecule has 2 aromatic carbocycles. The third kappa shape index (κ3) is 6.37. The molecule has 1 fully saturated rings. The van der Waals surface area contributed by atoms with Crippen molar-refractivity contribution in [3.05, 3.63) is 76.6 Å². The van der Waals surface area contributed by atoms with Crippen LogP contribution in [0.4, 0.5) is 0 Å². The molecular formula is C25H29ClN4O2S. The largest absolute Gasteiger partial charge is 0.376 e. The first kappa shape index (κ1) is 23.8. The number of nitrogens with one attached hydrogen (secondary N) is 1. The van der Waals surface area contributed by atoms with E-state index < -0.39 is 0 Å². The molecule has 1 aliphatic rings. The molecule has 8 heteroatoms. The second-order valence-electron chi connectivity index (χ2n) is 8.87. The lowest BCUT2D eigenvalue weighted by atomic mass is 9.88. The molecule has 2 heterocycles. The number of benzene rings is 2. The second-order valence-corrected chi connectivity index (χ2v) is 10.2. The molecule has 174 valence electrons. The van der Waals surface area contributed by atoms with Crippen molar-refractivity contribution >= 4 is 29.3 Å². The maximum atomic E-state index is 12.8. The van der Waals surface area contributed by atoms with E-state index in [1.54, 1.807) is 11.8 Å². The van der Waals surface area contributed by atoms with Gasteiger partial charge >= 0.3 is 0 Å². The predicted octanol–water partition coefficient (Wildman–Crippen LogP) is 5.09. The molecule has 0 radical (unpaired) electrons. The van der Waals surface area contributed by atoms with E-state index in [0.29, 0.717) is 31.9 Å². The molecule has 33 heavy (non-hydrogen) atoms. The van der Waals surface area contributed by atoms with E-state index in [4.69, 9.17) is 16.3 Å². The monoisotopic (exact) mass is 484 g/mol. The molecule has 1 aliphatic heterocycles. The number of thioether (sulfide) groups is 1. The Morgan fingerprint density at radius 1 is 1.18 bits per heavy atom. The fourth-order valence-electron chi connectivity index (χ4n) is 4.01.